The van der Waals surface area contributed by atoms with Crippen LogP contribution in [0.5, 0.6) is 0 Å². The van der Waals surface area contributed by atoms with Crippen molar-refractivity contribution in [2.24, 2.45) is 0 Å². The summed E-state index contributed by atoms with van der Waals surface area (Å²) >= 11 is 5.69. The van der Waals surface area contributed by atoms with Crippen LogP contribution in [-0.4, -0.2) is 10.1 Å². The van der Waals surface area contributed by atoms with E-state index in [0.717, 1.165) is 6.07 Å². The molecular weight excluding hydrogens is 260 g/mol. The number of rotatable bonds is 3. The van der Waals surface area contributed by atoms with Crippen molar-refractivity contribution in [3.05, 3.63) is 64.4 Å². The number of aromatic nitrogens is 1. The molecule has 0 aliphatic heterocycles. The number of hydrogen-bond acceptors (Lipinski definition) is 2. The van der Waals surface area contributed by atoms with Gasteiger partial charge in [-0.2, -0.15) is 0 Å². The standard InChI is InChI=1S/C13H10ClF2NO/c14-12-7-8(4-5-17-12)11(18)6-9-2-1-3-10(15)13(9)16/h1-5,7,11,18H,6H2. The fourth-order valence-corrected chi connectivity index (χ4v) is 1.84. The molecule has 2 aromatic rings. The van der Waals surface area contributed by atoms with Crippen LogP contribution in [0.1, 0.15) is 17.2 Å². The van der Waals surface area contributed by atoms with Gasteiger partial charge in [-0.15, -0.1) is 0 Å². The second-order valence-corrected chi connectivity index (χ2v) is 4.23. The molecule has 0 fully saturated rings. The van der Waals surface area contributed by atoms with Crippen LogP contribution in [0.4, 0.5) is 8.78 Å². The molecule has 0 aliphatic rings. The lowest BCUT2D eigenvalue weighted by Crippen LogP contribution is -2.04. The van der Waals surface area contributed by atoms with Gasteiger partial charge in [0.15, 0.2) is 11.6 Å². The van der Waals surface area contributed by atoms with Gasteiger partial charge in [0.1, 0.15) is 5.15 Å². The molecule has 5 heteroatoms. The van der Waals surface area contributed by atoms with Crippen LogP contribution < -0.4 is 0 Å². The minimum Gasteiger partial charge on any atom is -0.388 e. The summed E-state index contributed by atoms with van der Waals surface area (Å²) in [6, 6.07) is 6.94. The van der Waals surface area contributed by atoms with E-state index in [2.05, 4.69) is 4.98 Å². The third kappa shape index (κ3) is 2.83. The Bertz CT molecular complexity index is 562. The van der Waals surface area contributed by atoms with Crippen molar-refractivity contribution >= 4 is 11.6 Å². The first-order valence-electron chi connectivity index (χ1n) is 5.30. The van der Waals surface area contributed by atoms with Gasteiger partial charge in [0.05, 0.1) is 6.10 Å². The fraction of sp³-hybridized carbons (Fsp3) is 0.154. The highest BCUT2D eigenvalue weighted by Gasteiger charge is 2.14. The Hall–Kier alpha value is -1.52. The maximum absolute atomic E-state index is 13.4. The van der Waals surface area contributed by atoms with Crippen molar-refractivity contribution in [2.75, 3.05) is 0 Å². The predicted octanol–water partition coefficient (Wildman–Crippen LogP) is 3.29. The van der Waals surface area contributed by atoms with Crippen LogP contribution in [0, 0.1) is 11.6 Å². The molecule has 18 heavy (non-hydrogen) atoms. The SMILES string of the molecule is OC(Cc1cccc(F)c1F)c1ccnc(Cl)c1. The average Bonchev–Trinajstić information content (AvgIpc) is 2.35. The Morgan fingerprint density at radius 3 is 2.78 bits per heavy atom. The van der Waals surface area contributed by atoms with E-state index in [1.54, 1.807) is 6.07 Å². The Balaban J connectivity index is 2.21. The van der Waals surface area contributed by atoms with E-state index in [-0.39, 0.29) is 17.1 Å². The molecule has 94 valence electrons. The van der Waals surface area contributed by atoms with Gasteiger partial charge in [0.2, 0.25) is 0 Å². The van der Waals surface area contributed by atoms with Crippen LogP contribution in [0.3, 0.4) is 0 Å². The summed E-state index contributed by atoms with van der Waals surface area (Å²) < 4.78 is 26.4. The Morgan fingerprint density at radius 2 is 2.06 bits per heavy atom. The molecule has 1 unspecified atom stereocenters. The smallest absolute Gasteiger partial charge is 0.162 e. The van der Waals surface area contributed by atoms with Gasteiger partial charge in [0, 0.05) is 12.6 Å². The molecule has 0 saturated heterocycles. The second-order valence-electron chi connectivity index (χ2n) is 3.84. The van der Waals surface area contributed by atoms with Crippen LogP contribution in [0.15, 0.2) is 36.5 Å². The number of aliphatic hydroxyl groups excluding tert-OH is 1. The minimum absolute atomic E-state index is 0.0239. The van der Waals surface area contributed by atoms with Crippen molar-refractivity contribution in [3.63, 3.8) is 0 Å². The third-order valence-electron chi connectivity index (χ3n) is 2.58. The second kappa shape index (κ2) is 5.42. The first-order valence-corrected chi connectivity index (χ1v) is 5.68. The molecular formula is C13H10ClF2NO. The zero-order valence-corrected chi connectivity index (χ0v) is 10.0. The van der Waals surface area contributed by atoms with Crippen molar-refractivity contribution in [1.29, 1.82) is 0 Å². The number of hydrogen-bond donors (Lipinski definition) is 1. The normalized spacial score (nSPS) is 12.4. The topological polar surface area (TPSA) is 33.1 Å². The average molecular weight is 270 g/mol. The predicted molar refractivity (Wildman–Crippen MR) is 64.3 cm³/mol. The highest BCUT2D eigenvalue weighted by molar-refractivity contribution is 6.29. The van der Waals surface area contributed by atoms with E-state index in [0.29, 0.717) is 5.56 Å². The maximum atomic E-state index is 13.4. The minimum atomic E-state index is -0.957. The Morgan fingerprint density at radius 1 is 1.28 bits per heavy atom. The fourth-order valence-electron chi connectivity index (χ4n) is 1.66. The number of aliphatic hydroxyl groups is 1. The molecule has 0 bridgehead atoms. The molecule has 1 N–H and O–H groups in total. The van der Waals surface area contributed by atoms with E-state index in [1.165, 1.54) is 24.4 Å². The summed E-state index contributed by atoms with van der Waals surface area (Å²) in [5, 5.41) is 10.2. The summed E-state index contributed by atoms with van der Waals surface area (Å²) in [5.41, 5.74) is 0.633. The van der Waals surface area contributed by atoms with Crippen LogP contribution in [-0.2, 0) is 6.42 Å². The molecule has 0 amide bonds. The van der Waals surface area contributed by atoms with Gasteiger partial charge in [-0.3, -0.25) is 0 Å². The van der Waals surface area contributed by atoms with Crippen LogP contribution in [0.25, 0.3) is 0 Å². The molecule has 0 radical (unpaired) electrons. The highest BCUT2D eigenvalue weighted by atomic mass is 35.5. The van der Waals surface area contributed by atoms with Crippen LogP contribution >= 0.6 is 11.6 Å². The molecule has 0 saturated carbocycles. The number of benzene rings is 1. The first-order chi connectivity index (χ1) is 8.58. The molecule has 1 aromatic carbocycles. The zero-order valence-electron chi connectivity index (χ0n) is 9.28. The monoisotopic (exact) mass is 269 g/mol. The van der Waals surface area contributed by atoms with E-state index in [1.807, 2.05) is 0 Å². The quantitative estimate of drug-likeness (QED) is 0.868. The summed E-state index contributed by atoms with van der Waals surface area (Å²) in [7, 11) is 0. The Labute approximate surface area is 108 Å². The zero-order chi connectivity index (χ0) is 13.1. The highest BCUT2D eigenvalue weighted by Crippen LogP contribution is 2.22. The summed E-state index contributed by atoms with van der Waals surface area (Å²) in [6.07, 6.45) is 0.467. The molecule has 1 heterocycles. The molecule has 1 aromatic heterocycles. The van der Waals surface area contributed by atoms with Gasteiger partial charge >= 0.3 is 0 Å². The van der Waals surface area contributed by atoms with Crippen molar-refractivity contribution in [1.82, 2.24) is 4.98 Å². The summed E-state index contributed by atoms with van der Waals surface area (Å²) in [5.74, 6) is -1.86. The molecule has 0 spiro atoms. The van der Waals surface area contributed by atoms with E-state index in [4.69, 9.17) is 11.6 Å². The maximum Gasteiger partial charge on any atom is 0.162 e. The molecule has 1 atom stereocenters. The molecule has 2 rings (SSSR count). The van der Waals surface area contributed by atoms with Gasteiger partial charge in [0.25, 0.3) is 0 Å². The summed E-state index contributed by atoms with van der Waals surface area (Å²) in [4.78, 5) is 3.78. The lowest BCUT2D eigenvalue weighted by Gasteiger charge is -2.11. The van der Waals surface area contributed by atoms with E-state index in [9.17, 15) is 13.9 Å². The van der Waals surface area contributed by atoms with Crippen molar-refractivity contribution in [2.45, 2.75) is 12.5 Å². The van der Waals surface area contributed by atoms with Gasteiger partial charge < -0.3 is 5.11 Å². The Kier molecular flexibility index (Phi) is 3.89. The lowest BCUT2D eigenvalue weighted by molar-refractivity contribution is 0.176. The van der Waals surface area contributed by atoms with Crippen LogP contribution in [0.2, 0.25) is 5.15 Å². The van der Waals surface area contributed by atoms with Crippen molar-refractivity contribution < 1.29 is 13.9 Å². The molecule has 0 aliphatic carbocycles. The number of pyridine rings is 1. The van der Waals surface area contributed by atoms with E-state index < -0.39 is 17.7 Å². The number of nitrogens with zero attached hydrogens (tertiary/aromatic N) is 1. The van der Waals surface area contributed by atoms with Gasteiger partial charge in [-0.25, -0.2) is 13.8 Å². The largest absolute Gasteiger partial charge is 0.388 e. The number of halogens is 3. The molecule has 2 nitrogen and oxygen atoms in total. The van der Waals surface area contributed by atoms with E-state index >= 15 is 0 Å². The third-order valence-corrected chi connectivity index (χ3v) is 2.79. The lowest BCUT2D eigenvalue weighted by atomic mass is 10.0. The summed E-state index contributed by atoms with van der Waals surface area (Å²) in [6.45, 7) is 0. The van der Waals surface area contributed by atoms with Crippen molar-refractivity contribution in [3.8, 4) is 0 Å². The van der Waals surface area contributed by atoms with Gasteiger partial charge in [-0.05, 0) is 29.3 Å². The first kappa shape index (κ1) is 12.9. The van der Waals surface area contributed by atoms with Gasteiger partial charge in [-0.1, -0.05) is 23.7 Å².